The Hall–Kier alpha value is -3.08. The molecule has 0 saturated carbocycles. The average Bonchev–Trinajstić information content (AvgIpc) is 2.64. The van der Waals surface area contributed by atoms with E-state index in [2.05, 4.69) is 21.1 Å². The molecule has 0 radical (unpaired) electrons. The fourth-order valence-corrected chi connectivity index (χ4v) is 3.46. The molecular weight excluding hydrogens is 372 g/mol. The summed E-state index contributed by atoms with van der Waals surface area (Å²) >= 11 is 5.84. The Morgan fingerprint density at radius 3 is 2.35 bits per heavy atom. The van der Waals surface area contributed by atoms with Crippen LogP contribution < -0.4 is 10.0 Å². The number of sulfonamides is 1. The molecule has 2 aromatic carbocycles. The number of nitriles is 1. The highest BCUT2D eigenvalue weighted by Gasteiger charge is 2.15. The Balaban J connectivity index is 1.72. The van der Waals surface area contributed by atoms with Crippen molar-refractivity contribution in [3.05, 3.63) is 77.4 Å². The van der Waals surface area contributed by atoms with E-state index in [4.69, 9.17) is 16.9 Å². The lowest BCUT2D eigenvalue weighted by atomic mass is 10.2. The molecule has 0 atom stereocenters. The van der Waals surface area contributed by atoms with E-state index in [1.165, 1.54) is 18.3 Å². The van der Waals surface area contributed by atoms with Gasteiger partial charge < -0.3 is 5.32 Å². The van der Waals surface area contributed by atoms with Crippen LogP contribution in [0.2, 0.25) is 5.02 Å². The van der Waals surface area contributed by atoms with Crippen LogP contribution >= 0.6 is 11.6 Å². The Morgan fingerprint density at radius 2 is 1.73 bits per heavy atom. The van der Waals surface area contributed by atoms with Crippen molar-refractivity contribution >= 4 is 38.8 Å². The van der Waals surface area contributed by atoms with Crippen molar-refractivity contribution in [3.63, 3.8) is 0 Å². The Bertz CT molecular complexity index is 1060. The van der Waals surface area contributed by atoms with E-state index >= 15 is 0 Å². The fourth-order valence-electron chi connectivity index (χ4n) is 2.15. The molecule has 8 heteroatoms. The third kappa shape index (κ3) is 4.30. The van der Waals surface area contributed by atoms with Gasteiger partial charge in [-0.05, 0) is 54.6 Å². The number of anilines is 3. The van der Waals surface area contributed by atoms with Crippen LogP contribution in [0.15, 0.2) is 71.8 Å². The summed E-state index contributed by atoms with van der Waals surface area (Å²) < 4.78 is 27.1. The number of benzene rings is 2. The third-order valence-electron chi connectivity index (χ3n) is 3.41. The summed E-state index contributed by atoms with van der Waals surface area (Å²) in [4.78, 5) is 4.17. The van der Waals surface area contributed by atoms with Gasteiger partial charge >= 0.3 is 0 Å². The molecule has 3 rings (SSSR count). The van der Waals surface area contributed by atoms with Crippen molar-refractivity contribution in [2.75, 3.05) is 10.0 Å². The van der Waals surface area contributed by atoms with E-state index in [0.717, 1.165) is 5.69 Å². The monoisotopic (exact) mass is 384 g/mol. The zero-order chi connectivity index (χ0) is 18.6. The number of aromatic nitrogens is 1. The number of nitrogens with zero attached hydrogens (tertiary/aromatic N) is 2. The van der Waals surface area contributed by atoms with Gasteiger partial charge in [-0.1, -0.05) is 17.7 Å². The predicted molar refractivity (Wildman–Crippen MR) is 101 cm³/mol. The summed E-state index contributed by atoms with van der Waals surface area (Å²) in [5.74, 6) is 0.190. The van der Waals surface area contributed by atoms with Gasteiger partial charge in [-0.25, -0.2) is 13.4 Å². The Labute approximate surface area is 156 Å². The number of rotatable bonds is 5. The number of hydrogen-bond donors (Lipinski definition) is 2. The van der Waals surface area contributed by atoms with Crippen molar-refractivity contribution in [1.82, 2.24) is 4.98 Å². The highest BCUT2D eigenvalue weighted by molar-refractivity contribution is 7.92. The second-order valence-electron chi connectivity index (χ2n) is 5.31. The van der Waals surface area contributed by atoms with Gasteiger partial charge in [0.05, 0.1) is 28.4 Å². The van der Waals surface area contributed by atoms with Crippen LogP contribution in [0.4, 0.5) is 17.2 Å². The number of nitrogens with one attached hydrogen (secondary N) is 2. The Morgan fingerprint density at radius 1 is 1.00 bits per heavy atom. The first-order valence-electron chi connectivity index (χ1n) is 7.48. The van der Waals surface area contributed by atoms with Crippen molar-refractivity contribution < 1.29 is 8.42 Å². The zero-order valence-corrected chi connectivity index (χ0v) is 14.9. The summed E-state index contributed by atoms with van der Waals surface area (Å²) in [7, 11) is -3.76. The van der Waals surface area contributed by atoms with E-state index < -0.39 is 10.0 Å². The zero-order valence-electron chi connectivity index (χ0n) is 13.3. The molecule has 1 aromatic heterocycles. The minimum Gasteiger partial charge on any atom is -0.354 e. The van der Waals surface area contributed by atoms with Crippen LogP contribution in [-0.4, -0.2) is 13.4 Å². The van der Waals surface area contributed by atoms with Crippen LogP contribution in [0.5, 0.6) is 0 Å². The standard InChI is InChI=1S/C18H13ClN4O2S/c19-14-2-1-3-17(10-14)26(24,25)23-18-9-8-16(12-21-18)22-15-6-4-13(11-20)5-7-15/h1-10,12,22H,(H,21,23). The first kappa shape index (κ1) is 17.7. The number of pyridine rings is 1. The number of hydrogen-bond acceptors (Lipinski definition) is 5. The normalized spacial score (nSPS) is 10.8. The summed E-state index contributed by atoms with van der Waals surface area (Å²) in [6.07, 6.45) is 1.51. The molecule has 0 bridgehead atoms. The second kappa shape index (κ2) is 7.44. The molecule has 0 saturated heterocycles. The first-order chi connectivity index (χ1) is 12.5. The van der Waals surface area contributed by atoms with Crippen LogP contribution in [0.25, 0.3) is 0 Å². The molecule has 1 heterocycles. The lowest BCUT2D eigenvalue weighted by Crippen LogP contribution is -2.13. The lowest BCUT2D eigenvalue weighted by molar-refractivity contribution is 0.601. The molecule has 0 spiro atoms. The third-order valence-corrected chi connectivity index (χ3v) is 5.00. The summed E-state index contributed by atoms with van der Waals surface area (Å²) in [5.41, 5.74) is 2.04. The summed E-state index contributed by atoms with van der Waals surface area (Å²) in [5, 5.41) is 12.2. The van der Waals surface area contributed by atoms with Crippen LogP contribution in [0, 0.1) is 11.3 Å². The van der Waals surface area contributed by atoms with Gasteiger partial charge in [0.25, 0.3) is 10.0 Å². The topological polar surface area (TPSA) is 94.9 Å². The largest absolute Gasteiger partial charge is 0.354 e. The molecule has 0 amide bonds. The molecule has 3 aromatic rings. The van der Waals surface area contributed by atoms with Crippen molar-refractivity contribution in [2.45, 2.75) is 4.90 Å². The molecule has 6 nitrogen and oxygen atoms in total. The molecule has 0 aliphatic rings. The maximum Gasteiger partial charge on any atom is 0.263 e. The van der Waals surface area contributed by atoms with Crippen LogP contribution in [-0.2, 0) is 10.0 Å². The van der Waals surface area contributed by atoms with Gasteiger partial charge in [0.15, 0.2) is 0 Å². The minimum atomic E-state index is -3.76. The lowest BCUT2D eigenvalue weighted by Gasteiger charge is -2.09. The first-order valence-corrected chi connectivity index (χ1v) is 9.34. The van der Waals surface area contributed by atoms with E-state index in [0.29, 0.717) is 16.3 Å². The van der Waals surface area contributed by atoms with E-state index in [1.807, 2.05) is 0 Å². The smallest absolute Gasteiger partial charge is 0.263 e. The maximum absolute atomic E-state index is 12.3. The molecule has 0 fully saturated rings. The van der Waals surface area contributed by atoms with Gasteiger partial charge in [0.1, 0.15) is 5.82 Å². The van der Waals surface area contributed by atoms with Crippen molar-refractivity contribution in [1.29, 1.82) is 5.26 Å². The summed E-state index contributed by atoms with van der Waals surface area (Å²) in [6.45, 7) is 0. The molecular formula is C18H13ClN4O2S. The van der Waals surface area contributed by atoms with Gasteiger partial charge in [-0.15, -0.1) is 0 Å². The molecule has 2 N–H and O–H groups in total. The van der Waals surface area contributed by atoms with Crippen molar-refractivity contribution in [3.8, 4) is 6.07 Å². The second-order valence-corrected chi connectivity index (χ2v) is 7.43. The van der Waals surface area contributed by atoms with E-state index in [9.17, 15) is 8.42 Å². The molecule has 26 heavy (non-hydrogen) atoms. The van der Waals surface area contributed by atoms with Crippen LogP contribution in [0.1, 0.15) is 5.56 Å². The van der Waals surface area contributed by atoms with Gasteiger partial charge in [-0.3, -0.25) is 4.72 Å². The van der Waals surface area contributed by atoms with E-state index in [1.54, 1.807) is 48.5 Å². The SMILES string of the molecule is N#Cc1ccc(Nc2ccc(NS(=O)(=O)c3cccc(Cl)c3)nc2)cc1. The fraction of sp³-hybridized carbons (Fsp3) is 0. The van der Waals surface area contributed by atoms with Crippen molar-refractivity contribution in [2.24, 2.45) is 0 Å². The maximum atomic E-state index is 12.3. The molecule has 0 aliphatic carbocycles. The predicted octanol–water partition coefficient (Wildman–Crippen LogP) is 4.15. The quantitative estimate of drug-likeness (QED) is 0.689. The Kier molecular flexibility index (Phi) is 5.07. The minimum absolute atomic E-state index is 0.0617. The molecule has 0 unspecified atom stereocenters. The van der Waals surface area contributed by atoms with Gasteiger partial charge in [0.2, 0.25) is 0 Å². The van der Waals surface area contributed by atoms with Gasteiger partial charge in [0, 0.05) is 10.7 Å². The number of halogens is 1. The van der Waals surface area contributed by atoms with E-state index in [-0.39, 0.29) is 10.7 Å². The van der Waals surface area contributed by atoms with Crippen LogP contribution in [0.3, 0.4) is 0 Å². The highest BCUT2D eigenvalue weighted by atomic mass is 35.5. The average molecular weight is 385 g/mol. The summed E-state index contributed by atoms with van der Waals surface area (Å²) in [6, 6.07) is 18.2. The van der Waals surface area contributed by atoms with Gasteiger partial charge in [-0.2, -0.15) is 5.26 Å². The molecule has 130 valence electrons. The molecule has 0 aliphatic heterocycles. The highest BCUT2D eigenvalue weighted by Crippen LogP contribution is 2.20.